The van der Waals surface area contributed by atoms with E-state index >= 15 is 0 Å². The van der Waals surface area contributed by atoms with E-state index in [1.54, 1.807) is 18.5 Å². The Morgan fingerprint density at radius 2 is 2.54 bits per heavy atom. The van der Waals surface area contributed by atoms with Gasteiger partial charge in [0.15, 0.2) is 0 Å². The maximum Gasteiger partial charge on any atom is 0.225 e. The van der Waals surface area contributed by atoms with Crippen molar-refractivity contribution >= 4 is 5.91 Å². The smallest absolute Gasteiger partial charge is 0.225 e. The quantitative estimate of drug-likeness (QED) is 0.673. The lowest BCUT2D eigenvalue weighted by Gasteiger charge is -2.00. The summed E-state index contributed by atoms with van der Waals surface area (Å²) in [6.07, 6.45) is 8.65. The zero-order valence-electron chi connectivity index (χ0n) is 7.16. The van der Waals surface area contributed by atoms with Crippen molar-refractivity contribution < 1.29 is 4.79 Å². The fourth-order valence-corrected chi connectivity index (χ4v) is 0.900. The lowest BCUT2D eigenvalue weighted by Crippen LogP contribution is -2.25. The highest BCUT2D eigenvalue weighted by molar-refractivity contribution is 5.78. The second-order valence-corrected chi connectivity index (χ2v) is 2.52. The lowest BCUT2D eigenvalue weighted by molar-refractivity contribution is -0.120. The summed E-state index contributed by atoms with van der Waals surface area (Å²) in [5.41, 5.74) is 0.886. The Morgan fingerprint density at radius 1 is 1.69 bits per heavy atom. The van der Waals surface area contributed by atoms with E-state index in [2.05, 4.69) is 16.2 Å². The van der Waals surface area contributed by atoms with Crippen LogP contribution in [-0.2, 0) is 11.2 Å². The van der Waals surface area contributed by atoms with Crippen molar-refractivity contribution in [3.63, 3.8) is 0 Å². The minimum atomic E-state index is -0.0778. The monoisotopic (exact) mass is 174 g/mol. The van der Waals surface area contributed by atoms with Crippen LogP contribution in [0, 0.1) is 12.3 Å². The minimum absolute atomic E-state index is 0.0778. The third-order valence-electron chi connectivity index (χ3n) is 1.48. The second-order valence-electron chi connectivity index (χ2n) is 2.52. The zero-order chi connectivity index (χ0) is 9.52. The number of nitrogens with one attached hydrogen (secondary N) is 1. The van der Waals surface area contributed by atoms with Crippen LogP contribution in [0.1, 0.15) is 5.56 Å². The van der Waals surface area contributed by atoms with E-state index in [1.807, 2.05) is 6.07 Å². The van der Waals surface area contributed by atoms with E-state index in [1.165, 1.54) is 0 Å². The molecule has 0 saturated heterocycles. The first-order valence-electron chi connectivity index (χ1n) is 3.92. The first-order chi connectivity index (χ1) is 6.33. The topological polar surface area (TPSA) is 42.0 Å². The number of nitrogens with zero attached hydrogens (tertiary/aromatic N) is 1. The normalized spacial score (nSPS) is 8.85. The van der Waals surface area contributed by atoms with E-state index in [-0.39, 0.29) is 12.5 Å². The molecule has 0 aliphatic rings. The Kier molecular flexibility index (Phi) is 3.52. The number of aromatic nitrogens is 1. The molecule has 0 fully saturated rings. The summed E-state index contributed by atoms with van der Waals surface area (Å²) in [5.74, 6) is 2.26. The molecule has 0 aliphatic heterocycles. The van der Waals surface area contributed by atoms with Crippen molar-refractivity contribution in [2.45, 2.75) is 6.42 Å². The van der Waals surface area contributed by atoms with Crippen LogP contribution in [0.3, 0.4) is 0 Å². The van der Waals surface area contributed by atoms with Gasteiger partial charge < -0.3 is 5.32 Å². The molecular weight excluding hydrogens is 164 g/mol. The molecule has 3 nitrogen and oxygen atoms in total. The van der Waals surface area contributed by atoms with E-state index in [0.717, 1.165) is 5.56 Å². The Bertz CT molecular complexity index is 313. The highest BCUT2D eigenvalue weighted by Crippen LogP contribution is 1.95. The van der Waals surface area contributed by atoms with Gasteiger partial charge >= 0.3 is 0 Å². The molecule has 3 heteroatoms. The van der Waals surface area contributed by atoms with E-state index in [0.29, 0.717) is 6.42 Å². The molecule has 0 aliphatic carbocycles. The van der Waals surface area contributed by atoms with Crippen molar-refractivity contribution in [1.82, 2.24) is 10.3 Å². The van der Waals surface area contributed by atoms with Gasteiger partial charge in [-0.15, -0.1) is 6.42 Å². The summed E-state index contributed by atoms with van der Waals surface area (Å²) in [4.78, 5) is 15.0. The van der Waals surface area contributed by atoms with Crippen LogP contribution in [0.15, 0.2) is 24.5 Å². The number of terminal acetylenes is 1. The number of rotatable bonds is 3. The molecule has 0 radical (unpaired) electrons. The predicted molar refractivity (Wildman–Crippen MR) is 49.8 cm³/mol. The van der Waals surface area contributed by atoms with Crippen molar-refractivity contribution in [1.29, 1.82) is 0 Å². The van der Waals surface area contributed by atoms with Gasteiger partial charge in [0.2, 0.25) is 5.91 Å². The average Bonchev–Trinajstić information content (AvgIpc) is 2.16. The third kappa shape index (κ3) is 3.39. The van der Waals surface area contributed by atoms with Gasteiger partial charge in [-0.25, -0.2) is 0 Å². The van der Waals surface area contributed by atoms with Crippen LogP contribution in [0.25, 0.3) is 0 Å². The Hall–Kier alpha value is -1.82. The van der Waals surface area contributed by atoms with Crippen molar-refractivity contribution in [2.24, 2.45) is 0 Å². The Balaban J connectivity index is 2.42. The maximum atomic E-state index is 11.1. The molecule has 1 amide bonds. The standard InChI is InChI=1S/C10H10N2O/c1-2-5-12-10(13)7-9-4-3-6-11-8-9/h1,3-4,6,8H,5,7H2,(H,12,13). The molecule has 0 spiro atoms. The highest BCUT2D eigenvalue weighted by Gasteiger charge is 2.00. The number of carbonyl (C=O) groups is 1. The molecule has 1 aromatic rings. The average molecular weight is 174 g/mol. The fraction of sp³-hybridized carbons (Fsp3) is 0.200. The number of pyridine rings is 1. The lowest BCUT2D eigenvalue weighted by atomic mass is 10.2. The molecule has 0 saturated carbocycles. The minimum Gasteiger partial charge on any atom is -0.345 e. The van der Waals surface area contributed by atoms with Crippen molar-refractivity contribution in [2.75, 3.05) is 6.54 Å². The fourth-order valence-electron chi connectivity index (χ4n) is 0.900. The molecule has 66 valence electrons. The molecule has 1 aromatic heterocycles. The molecule has 1 heterocycles. The summed E-state index contributed by atoms with van der Waals surface area (Å²) >= 11 is 0. The van der Waals surface area contributed by atoms with Gasteiger partial charge in [-0.1, -0.05) is 12.0 Å². The SMILES string of the molecule is C#CCNC(=O)Cc1cccnc1. The molecule has 0 aromatic carbocycles. The highest BCUT2D eigenvalue weighted by atomic mass is 16.1. The molecule has 0 bridgehead atoms. The van der Waals surface area contributed by atoms with E-state index < -0.39 is 0 Å². The summed E-state index contributed by atoms with van der Waals surface area (Å²) in [6.45, 7) is 0.277. The summed E-state index contributed by atoms with van der Waals surface area (Å²) in [7, 11) is 0. The molecular formula is C10H10N2O. The van der Waals surface area contributed by atoms with Gasteiger partial charge in [0.05, 0.1) is 13.0 Å². The number of carbonyl (C=O) groups excluding carboxylic acids is 1. The Morgan fingerprint density at radius 3 is 3.15 bits per heavy atom. The van der Waals surface area contributed by atoms with E-state index in [9.17, 15) is 4.79 Å². The van der Waals surface area contributed by atoms with Gasteiger partial charge in [-0.3, -0.25) is 9.78 Å². The van der Waals surface area contributed by atoms with Crippen LogP contribution in [0.2, 0.25) is 0 Å². The van der Waals surface area contributed by atoms with Gasteiger partial charge in [0.1, 0.15) is 0 Å². The predicted octanol–water partition coefficient (Wildman–Crippen LogP) is 0.373. The van der Waals surface area contributed by atoms with Crippen LogP contribution in [-0.4, -0.2) is 17.4 Å². The van der Waals surface area contributed by atoms with Gasteiger partial charge in [-0.2, -0.15) is 0 Å². The Labute approximate surface area is 77.2 Å². The summed E-state index contributed by atoms with van der Waals surface area (Å²) in [5, 5.41) is 2.58. The zero-order valence-corrected chi connectivity index (χ0v) is 7.16. The number of hydrogen-bond donors (Lipinski definition) is 1. The van der Waals surface area contributed by atoms with Crippen LogP contribution in [0.4, 0.5) is 0 Å². The van der Waals surface area contributed by atoms with Gasteiger partial charge in [-0.05, 0) is 11.6 Å². The summed E-state index contributed by atoms with van der Waals surface area (Å²) < 4.78 is 0. The number of hydrogen-bond acceptors (Lipinski definition) is 2. The van der Waals surface area contributed by atoms with Crippen LogP contribution >= 0.6 is 0 Å². The molecule has 13 heavy (non-hydrogen) atoms. The largest absolute Gasteiger partial charge is 0.345 e. The first-order valence-corrected chi connectivity index (χ1v) is 3.92. The van der Waals surface area contributed by atoms with E-state index in [4.69, 9.17) is 6.42 Å². The van der Waals surface area contributed by atoms with Crippen LogP contribution < -0.4 is 5.32 Å². The van der Waals surface area contributed by atoms with Crippen LogP contribution in [0.5, 0.6) is 0 Å². The van der Waals surface area contributed by atoms with Crippen molar-refractivity contribution in [3.05, 3.63) is 30.1 Å². The molecule has 1 rings (SSSR count). The van der Waals surface area contributed by atoms with Gasteiger partial charge in [0, 0.05) is 12.4 Å². The first kappa shape index (κ1) is 9.27. The number of amides is 1. The third-order valence-corrected chi connectivity index (χ3v) is 1.48. The molecule has 0 atom stereocenters. The maximum absolute atomic E-state index is 11.1. The van der Waals surface area contributed by atoms with Crippen molar-refractivity contribution in [3.8, 4) is 12.3 Å². The molecule has 0 unspecified atom stereocenters. The second kappa shape index (κ2) is 4.94. The molecule has 1 N–H and O–H groups in total. The summed E-state index contributed by atoms with van der Waals surface area (Å²) in [6, 6.07) is 3.65. The van der Waals surface area contributed by atoms with Gasteiger partial charge in [0.25, 0.3) is 0 Å².